The van der Waals surface area contributed by atoms with Crippen LogP contribution in [0.15, 0.2) is 103 Å². The van der Waals surface area contributed by atoms with Gasteiger partial charge in [0.2, 0.25) is 0 Å². The predicted octanol–water partition coefficient (Wildman–Crippen LogP) is 11.2. The summed E-state index contributed by atoms with van der Waals surface area (Å²) in [4.78, 5) is 20.6. The van der Waals surface area contributed by atoms with Crippen molar-refractivity contribution in [3.05, 3.63) is 142 Å². The zero-order valence-electron chi connectivity index (χ0n) is 38.4. The number of benzene rings is 4. The van der Waals surface area contributed by atoms with Crippen molar-refractivity contribution in [2.24, 2.45) is 0 Å². The quantitative estimate of drug-likeness (QED) is 0.0846. The first kappa shape index (κ1) is 46.4. The Balaban J connectivity index is 1.15. The summed E-state index contributed by atoms with van der Waals surface area (Å²) >= 11 is 0. The van der Waals surface area contributed by atoms with Crippen molar-refractivity contribution >= 4 is 17.4 Å². The number of carboxylic acids is 1. The summed E-state index contributed by atoms with van der Waals surface area (Å²) < 4.78 is 49.0. The van der Waals surface area contributed by atoms with Crippen molar-refractivity contribution in [3.8, 4) is 28.1 Å². The van der Waals surface area contributed by atoms with Gasteiger partial charge in [0.1, 0.15) is 29.6 Å². The fraction of sp³-hybridized carbons (Fsp3) is 0.396. The van der Waals surface area contributed by atoms with Crippen LogP contribution in [0.1, 0.15) is 86.9 Å². The van der Waals surface area contributed by atoms with Crippen LogP contribution in [0.5, 0.6) is 5.75 Å². The van der Waals surface area contributed by atoms with Gasteiger partial charge in [-0.25, -0.2) is 14.2 Å². The van der Waals surface area contributed by atoms with Gasteiger partial charge < -0.3 is 33.7 Å². The van der Waals surface area contributed by atoms with Crippen molar-refractivity contribution in [3.63, 3.8) is 0 Å². The van der Waals surface area contributed by atoms with Crippen LogP contribution in [-0.2, 0) is 37.0 Å². The van der Waals surface area contributed by atoms with E-state index in [4.69, 9.17) is 28.7 Å². The maximum Gasteiger partial charge on any atom is 0.337 e. The Labute approximate surface area is 376 Å². The van der Waals surface area contributed by atoms with Gasteiger partial charge in [0.25, 0.3) is 0 Å². The summed E-state index contributed by atoms with van der Waals surface area (Å²) in [5.41, 5.74) is 7.12. The molecule has 3 heterocycles. The Bertz CT molecular complexity index is 2530. The molecule has 4 aromatic carbocycles. The van der Waals surface area contributed by atoms with E-state index in [-0.39, 0.29) is 11.9 Å². The van der Waals surface area contributed by atoms with Crippen molar-refractivity contribution in [2.75, 3.05) is 37.8 Å². The Kier molecular flexibility index (Phi) is 14.6. The summed E-state index contributed by atoms with van der Waals surface area (Å²) in [5.74, 6) is -0.264. The van der Waals surface area contributed by atoms with Crippen molar-refractivity contribution < 1.29 is 38.0 Å². The standard InChI is InChI=1S/C53H62FN3O7/c1-35-28-43(54)47(45(29-35)62-34-40-18-13-10-14-19-40)42-21-15-20-41(30-42)44-31-57-49(55-44)38(4)37(3)46(48(51(58)59)64-52(5,6)7)50(57)56-24-22-53(8,23-25-56)63-27-26-60-32-36(2)61-33-39-16-11-9-12-17-39/h9-21,28-31,36,48H,22-27,32-34H2,1-8H3,(H,58,59)/t36-,48+/m1/s1. The molecule has 64 heavy (non-hydrogen) atoms. The molecule has 2 atom stereocenters. The highest BCUT2D eigenvalue weighted by Gasteiger charge is 2.38. The summed E-state index contributed by atoms with van der Waals surface area (Å²) in [6.45, 7) is 18.9. The molecule has 1 aliphatic rings. The third kappa shape index (κ3) is 11.2. The first-order chi connectivity index (χ1) is 30.6. The van der Waals surface area contributed by atoms with Gasteiger partial charge in [-0.2, -0.15) is 0 Å². The number of nitrogens with zero attached hydrogens (tertiary/aromatic N) is 3. The van der Waals surface area contributed by atoms with Gasteiger partial charge in [0.05, 0.1) is 55.0 Å². The first-order valence-electron chi connectivity index (χ1n) is 22.2. The van der Waals surface area contributed by atoms with Gasteiger partial charge in [0.15, 0.2) is 6.10 Å². The molecule has 2 aromatic heterocycles. The van der Waals surface area contributed by atoms with E-state index in [1.165, 1.54) is 6.07 Å². The molecule has 6 aromatic rings. The second-order valence-electron chi connectivity index (χ2n) is 18.2. The van der Waals surface area contributed by atoms with Crippen LogP contribution < -0.4 is 9.64 Å². The number of aromatic nitrogens is 2. The Hall–Kier alpha value is -5.59. The molecule has 0 saturated carbocycles. The number of anilines is 1. The van der Waals surface area contributed by atoms with E-state index in [0.717, 1.165) is 39.2 Å². The van der Waals surface area contributed by atoms with Gasteiger partial charge >= 0.3 is 5.97 Å². The van der Waals surface area contributed by atoms with Crippen LogP contribution in [0, 0.1) is 26.6 Å². The number of carbonyl (C=O) groups is 1. The lowest BCUT2D eigenvalue weighted by molar-refractivity contribution is -0.160. The molecule has 338 valence electrons. The fourth-order valence-corrected chi connectivity index (χ4v) is 8.30. The average molecular weight is 872 g/mol. The molecule has 0 amide bonds. The van der Waals surface area contributed by atoms with Crippen LogP contribution in [0.4, 0.5) is 10.2 Å². The first-order valence-corrected chi connectivity index (χ1v) is 22.2. The number of carboxylic acid groups (broad SMARTS) is 1. The van der Waals surface area contributed by atoms with Crippen molar-refractivity contribution in [1.29, 1.82) is 0 Å². The smallest absolute Gasteiger partial charge is 0.337 e. The van der Waals surface area contributed by atoms with Crippen LogP contribution in [0.3, 0.4) is 0 Å². The van der Waals surface area contributed by atoms with Crippen LogP contribution >= 0.6 is 0 Å². The minimum absolute atomic E-state index is 0.0543. The molecular formula is C53H62FN3O7. The van der Waals surface area contributed by atoms with Gasteiger partial charge in [-0.05, 0) is 120 Å². The van der Waals surface area contributed by atoms with Gasteiger partial charge in [-0.1, -0.05) is 78.9 Å². The summed E-state index contributed by atoms with van der Waals surface area (Å²) in [6.07, 6.45) is 2.07. The summed E-state index contributed by atoms with van der Waals surface area (Å²) in [6, 6.07) is 31.0. The normalized spacial score (nSPS) is 15.0. The highest BCUT2D eigenvalue weighted by Crippen LogP contribution is 2.42. The molecule has 1 aliphatic heterocycles. The molecule has 0 aliphatic carbocycles. The number of aliphatic carboxylic acids is 1. The third-order valence-corrected chi connectivity index (χ3v) is 11.8. The molecule has 11 heteroatoms. The SMILES string of the molecule is Cc1cc(F)c(-c2cccc(-c3cn4c(N5CCC(C)(OCCOC[C@@H](C)OCc6ccccc6)CC5)c([C@H](OC(C)(C)C)C(=O)O)c(C)c(C)c4n3)c2)c(OCc2ccccc2)c1. The number of piperidine rings is 1. The maximum atomic E-state index is 16.0. The topological polar surface area (TPSA) is 104 Å². The van der Waals surface area contributed by atoms with E-state index in [0.29, 0.717) is 92.7 Å². The summed E-state index contributed by atoms with van der Waals surface area (Å²) in [5, 5.41) is 10.8. The van der Waals surface area contributed by atoms with Gasteiger partial charge in [0, 0.05) is 30.4 Å². The molecule has 0 spiro atoms. The van der Waals surface area contributed by atoms with E-state index in [2.05, 4.69) is 11.8 Å². The van der Waals surface area contributed by atoms with E-state index in [1.54, 1.807) is 0 Å². The molecule has 0 unspecified atom stereocenters. The maximum absolute atomic E-state index is 16.0. The Morgan fingerprint density at radius 2 is 1.52 bits per heavy atom. The molecule has 0 radical (unpaired) electrons. The molecule has 1 fully saturated rings. The Morgan fingerprint density at radius 3 is 2.17 bits per heavy atom. The second kappa shape index (κ2) is 20.1. The van der Waals surface area contributed by atoms with Crippen molar-refractivity contribution in [1.82, 2.24) is 9.38 Å². The summed E-state index contributed by atoms with van der Waals surface area (Å²) in [7, 11) is 0. The van der Waals surface area contributed by atoms with E-state index in [1.807, 2.05) is 150 Å². The largest absolute Gasteiger partial charge is 0.488 e. The lowest BCUT2D eigenvalue weighted by Crippen LogP contribution is -2.46. The number of aryl methyl sites for hydroxylation is 2. The molecule has 7 rings (SSSR count). The number of ether oxygens (including phenoxy) is 5. The number of halogens is 1. The van der Waals surface area contributed by atoms with Crippen LogP contribution in [0.2, 0.25) is 0 Å². The van der Waals surface area contributed by atoms with E-state index >= 15 is 4.39 Å². The second-order valence-corrected chi connectivity index (χ2v) is 18.2. The zero-order valence-corrected chi connectivity index (χ0v) is 38.4. The number of hydrogen-bond acceptors (Lipinski definition) is 8. The molecular weight excluding hydrogens is 810 g/mol. The number of fused-ring (bicyclic) bond motifs is 1. The number of pyridine rings is 1. The van der Waals surface area contributed by atoms with Crippen LogP contribution in [0.25, 0.3) is 28.0 Å². The minimum Gasteiger partial charge on any atom is -0.488 e. The average Bonchev–Trinajstić information content (AvgIpc) is 3.72. The number of imidazole rings is 1. The minimum atomic E-state index is -1.24. The van der Waals surface area contributed by atoms with Crippen LogP contribution in [-0.4, -0.2) is 70.7 Å². The lowest BCUT2D eigenvalue weighted by Gasteiger charge is -2.42. The van der Waals surface area contributed by atoms with Gasteiger partial charge in [-0.3, -0.25) is 4.40 Å². The number of rotatable bonds is 18. The Morgan fingerprint density at radius 1 is 0.859 bits per heavy atom. The fourth-order valence-electron chi connectivity index (χ4n) is 8.30. The zero-order chi connectivity index (χ0) is 45.6. The van der Waals surface area contributed by atoms with E-state index in [9.17, 15) is 9.90 Å². The highest BCUT2D eigenvalue weighted by atomic mass is 19.1. The molecule has 10 nitrogen and oxygen atoms in total. The monoisotopic (exact) mass is 871 g/mol. The predicted molar refractivity (Wildman–Crippen MR) is 250 cm³/mol. The number of hydrogen-bond donors (Lipinski definition) is 1. The lowest BCUT2D eigenvalue weighted by atomic mass is 9.92. The highest BCUT2D eigenvalue weighted by molar-refractivity contribution is 5.82. The van der Waals surface area contributed by atoms with Gasteiger partial charge in [-0.15, -0.1) is 0 Å². The molecule has 0 bridgehead atoms. The van der Waals surface area contributed by atoms with Crippen molar-refractivity contribution in [2.45, 2.75) is 105 Å². The third-order valence-electron chi connectivity index (χ3n) is 11.8. The molecule has 1 N–H and O–H groups in total. The molecule has 1 saturated heterocycles. The van der Waals surface area contributed by atoms with E-state index < -0.39 is 23.3 Å².